The number of nitrogens with zero attached hydrogens (tertiary/aromatic N) is 2. The Labute approximate surface area is 120 Å². The molecule has 0 spiro atoms. The fourth-order valence-corrected chi connectivity index (χ4v) is 1.30. The molecule has 1 aromatic rings. The van der Waals surface area contributed by atoms with E-state index in [-0.39, 0.29) is 11.3 Å². The van der Waals surface area contributed by atoms with E-state index >= 15 is 0 Å². The monoisotopic (exact) mass is 332 g/mol. The van der Waals surface area contributed by atoms with Gasteiger partial charge in [0.05, 0.1) is 19.8 Å². The Morgan fingerprint density at radius 1 is 1.16 bits per heavy atom. The van der Waals surface area contributed by atoms with Crippen LogP contribution in [0.5, 0.6) is 0 Å². The summed E-state index contributed by atoms with van der Waals surface area (Å²) >= 11 is 3.14. The fraction of sp³-hybridized carbons (Fsp3) is 0.417. The van der Waals surface area contributed by atoms with Gasteiger partial charge in [-0.15, -0.1) is 0 Å². The van der Waals surface area contributed by atoms with Crippen LogP contribution in [0, 0.1) is 0 Å². The second-order valence-electron chi connectivity index (χ2n) is 3.87. The molecule has 106 valence electrons. The third-order valence-corrected chi connectivity index (χ3v) is 2.07. The highest BCUT2D eigenvalue weighted by atomic mass is 79.9. The number of esters is 2. The van der Waals surface area contributed by atoms with Crippen molar-refractivity contribution in [1.82, 2.24) is 9.88 Å². The number of pyridine rings is 1. The summed E-state index contributed by atoms with van der Waals surface area (Å²) in [5, 5.41) is 0. The number of ether oxygens (including phenoxy) is 2. The molecule has 0 saturated carbocycles. The first kappa shape index (κ1) is 17.5. The smallest absolute Gasteiger partial charge is 0.357 e. The third-order valence-electron chi connectivity index (χ3n) is 1.64. The topological polar surface area (TPSA) is 68.7 Å². The number of carbonyl (C=O) groups is 2. The normalized spacial score (nSPS) is 9.42. The van der Waals surface area contributed by atoms with Crippen LogP contribution < -0.4 is 0 Å². The zero-order valence-electron chi connectivity index (χ0n) is 11.6. The van der Waals surface area contributed by atoms with Crippen molar-refractivity contribution in [3.8, 4) is 0 Å². The Hall–Kier alpha value is -1.47. The van der Waals surface area contributed by atoms with Gasteiger partial charge in [0.2, 0.25) is 0 Å². The largest absolute Gasteiger partial charge is 0.465 e. The number of carbonyl (C=O) groups excluding carboxylic acids is 2. The maximum Gasteiger partial charge on any atom is 0.357 e. The minimum absolute atomic E-state index is 0.0625. The molecular formula is C12H17BrN2O4. The number of methoxy groups -OCH3 is 2. The van der Waals surface area contributed by atoms with Crippen molar-refractivity contribution >= 4 is 27.9 Å². The molecule has 1 rings (SSSR count). The fourth-order valence-electron chi connectivity index (χ4n) is 0.964. The lowest BCUT2D eigenvalue weighted by Crippen LogP contribution is -2.13. The lowest BCUT2D eigenvalue weighted by Gasteiger charge is -2.05. The predicted octanol–water partition coefficient (Wildman–Crippen LogP) is 1.60. The Morgan fingerprint density at radius 2 is 1.63 bits per heavy atom. The molecule has 0 N–H and O–H groups in total. The van der Waals surface area contributed by atoms with Crippen LogP contribution in [0.25, 0.3) is 0 Å². The van der Waals surface area contributed by atoms with Crippen molar-refractivity contribution in [2.75, 3.05) is 35.4 Å². The summed E-state index contributed by atoms with van der Waals surface area (Å²) in [6.07, 6.45) is 1.40. The van der Waals surface area contributed by atoms with Gasteiger partial charge in [0.25, 0.3) is 0 Å². The molecule has 0 aromatic carbocycles. The third kappa shape index (κ3) is 6.30. The van der Waals surface area contributed by atoms with Gasteiger partial charge in [0.1, 0.15) is 0 Å². The summed E-state index contributed by atoms with van der Waals surface area (Å²) in [5.74, 6) is -1.31. The van der Waals surface area contributed by atoms with Crippen molar-refractivity contribution < 1.29 is 19.1 Å². The van der Waals surface area contributed by atoms with Crippen molar-refractivity contribution in [1.29, 1.82) is 0 Å². The van der Waals surface area contributed by atoms with E-state index in [9.17, 15) is 9.59 Å². The van der Waals surface area contributed by atoms with E-state index in [1.807, 2.05) is 26.0 Å². The van der Waals surface area contributed by atoms with Crippen LogP contribution in [0.3, 0.4) is 0 Å². The lowest BCUT2D eigenvalue weighted by atomic mass is 10.2. The zero-order valence-corrected chi connectivity index (χ0v) is 13.1. The van der Waals surface area contributed by atoms with E-state index in [0.717, 1.165) is 0 Å². The zero-order chi connectivity index (χ0) is 15.0. The van der Waals surface area contributed by atoms with E-state index in [4.69, 9.17) is 0 Å². The summed E-state index contributed by atoms with van der Waals surface area (Å²) in [7, 11) is 8.44. The summed E-state index contributed by atoms with van der Waals surface area (Å²) < 4.78 is 9.59. The number of aromatic nitrogens is 1. The minimum atomic E-state index is -0.678. The highest BCUT2D eigenvalue weighted by molar-refractivity contribution is 9.10. The molecule has 19 heavy (non-hydrogen) atoms. The van der Waals surface area contributed by atoms with Gasteiger partial charge in [-0.05, 0) is 43.1 Å². The van der Waals surface area contributed by atoms with Crippen molar-refractivity contribution in [3.05, 3.63) is 28.0 Å². The van der Waals surface area contributed by atoms with Gasteiger partial charge in [-0.25, -0.2) is 14.6 Å². The molecule has 0 unspecified atom stereocenters. The van der Waals surface area contributed by atoms with Crippen LogP contribution >= 0.6 is 15.9 Å². The summed E-state index contributed by atoms with van der Waals surface area (Å²) in [6.45, 7) is 0. The van der Waals surface area contributed by atoms with E-state index in [1.165, 1.54) is 26.5 Å². The summed E-state index contributed by atoms with van der Waals surface area (Å²) in [6, 6.07) is 1.45. The van der Waals surface area contributed by atoms with Gasteiger partial charge in [0, 0.05) is 10.7 Å². The second-order valence-corrected chi connectivity index (χ2v) is 4.79. The Bertz CT molecular complexity index is 447. The number of rotatable bonds is 2. The molecule has 0 aliphatic heterocycles. The first-order chi connectivity index (χ1) is 8.83. The molecule has 0 radical (unpaired) electrons. The Kier molecular flexibility index (Phi) is 7.94. The van der Waals surface area contributed by atoms with Gasteiger partial charge in [0.15, 0.2) is 5.69 Å². The highest BCUT2D eigenvalue weighted by Gasteiger charge is 2.20. The van der Waals surface area contributed by atoms with Crippen molar-refractivity contribution in [2.45, 2.75) is 0 Å². The quantitative estimate of drug-likeness (QED) is 0.766. The van der Waals surface area contributed by atoms with E-state index in [1.54, 1.807) is 0 Å². The van der Waals surface area contributed by atoms with Crippen LogP contribution in [0.1, 0.15) is 20.8 Å². The SMILES string of the molecule is CN(C)C.COC(=O)c1cc(Br)cnc1C(=O)OC. The summed E-state index contributed by atoms with van der Waals surface area (Å²) in [5.41, 5.74) is 0.00581. The van der Waals surface area contributed by atoms with Crippen molar-refractivity contribution in [2.24, 2.45) is 0 Å². The molecule has 0 atom stereocenters. The molecule has 1 aromatic heterocycles. The molecule has 7 heteroatoms. The number of halogens is 1. The molecule has 0 aliphatic carbocycles. The van der Waals surface area contributed by atoms with Gasteiger partial charge >= 0.3 is 11.9 Å². The van der Waals surface area contributed by atoms with E-state index in [2.05, 4.69) is 30.4 Å². The van der Waals surface area contributed by atoms with Crippen LogP contribution in [0.4, 0.5) is 0 Å². The van der Waals surface area contributed by atoms with Crippen LogP contribution in [-0.4, -0.2) is 57.2 Å². The molecule has 0 aliphatic rings. The molecule has 1 heterocycles. The Balaban J connectivity index is 0.000000711. The molecule has 0 amide bonds. The minimum Gasteiger partial charge on any atom is -0.465 e. The maximum atomic E-state index is 11.3. The first-order valence-corrected chi connectivity index (χ1v) is 6.05. The highest BCUT2D eigenvalue weighted by Crippen LogP contribution is 2.15. The van der Waals surface area contributed by atoms with E-state index in [0.29, 0.717) is 4.47 Å². The standard InChI is InChI=1S/C9H8BrNO4.C3H9N/c1-14-8(12)6-3-5(10)4-11-7(6)9(13)15-2;1-4(2)3/h3-4H,1-2H3;1-3H3. The van der Waals surface area contributed by atoms with Gasteiger partial charge < -0.3 is 14.4 Å². The average molecular weight is 333 g/mol. The molecule has 0 bridgehead atoms. The number of hydrogen-bond acceptors (Lipinski definition) is 6. The predicted molar refractivity (Wildman–Crippen MR) is 74.2 cm³/mol. The van der Waals surface area contributed by atoms with Gasteiger partial charge in [-0.1, -0.05) is 0 Å². The maximum absolute atomic E-state index is 11.3. The molecule has 0 fully saturated rings. The molecular weight excluding hydrogens is 316 g/mol. The number of hydrogen-bond donors (Lipinski definition) is 0. The average Bonchev–Trinajstić information content (AvgIpc) is 2.36. The van der Waals surface area contributed by atoms with Crippen molar-refractivity contribution in [3.63, 3.8) is 0 Å². The summed E-state index contributed by atoms with van der Waals surface area (Å²) in [4.78, 5) is 28.4. The van der Waals surface area contributed by atoms with Gasteiger partial charge in [-0.2, -0.15) is 0 Å². The first-order valence-electron chi connectivity index (χ1n) is 5.26. The van der Waals surface area contributed by atoms with Crippen LogP contribution in [-0.2, 0) is 9.47 Å². The molecule has 0 saturated heterocycles. The van der Waals surface area contributed by atoms with Crippen LogP contribution in [0.15, 0.2) is 16.7 Å². The lowest BCUT2D eigenvalue weighted by molar-refractivity contribution is 0.0549. The van der Waals surface area contributed by atoms with Gasteiger partial charge in [-0.3, -0.25) is 0 Å². The second kappa shape index (κ2) is 8.60. The van der Waals surface area contributed by atoms with E-state index < -0.39 is 11.9 Å². The Morgan fingerprint density at radius 3 is 2.05 bits per heavy atom. The van der Waals surface area contributed by atoms with Crippen LogP contribution in [0.2, 0.25) is 0 Å². The molecule has 6 nitrogen and oxygen atoms in total.